The maximum atomic E-state index is 12.4. The highest BCUT2D eigenvalue weighted by molar-refractivity contribution is 5.95. The maximum Gasteiger partial charge on any atom is 0.316 e. The van der Waals surface area contributed by atoms with Crippen LogP contribution in [0, 0.1) is 0 Å². The number of carbonyl (C=O) groups excluding carboxylic acids is 2. The predicted molar refractivity (Wildman–Crippen MR) is 96.9 cm³/mol. The number of nitrogens with zero attached hydrogens (tertiary/aromatic N) is 2. The summed E-state index contributed by atoms with van der Waals surface area (Å²) in [6, 6.07) is 9.15. The van der Waals surface area contributed by atoms with Crippen molar-refractivity contribution in [3.8, 4) is 6.01 Å². The second-order valence-electron chi connectivity index (χ2n) is 6.35. The van der Waals surface area contributed by atoms with Crippen LogP contribution in [0.4, 0.5) is 5.69 Å². The van der Waals surface area contributed by atoms with E-state index in [0.717, 1.165) is 25.7 Å². The second kappa shape index (κ2) is 8.42. The number of rotatable bonds is 5. The number of anilines is 1. The third kappa shape index (κ3) is 5.02. The summed E-state index contributed by atoms with van der Waals surface area (Å²) in [4.78, 5) is 31.5. The molecule has 7 heteroatoms. The summed E-state index contributed by atoms with van der Waals surface area (Å²) in [7, 11) is 0. The molecule has 0 unspecified atom stereocenters. The molecule has 1 aliphatic carbocycles. The molecule has 1 fully saturated rings. The van der Waals surface area contributed by atoms with E-state index < -0.39 is 0 Å². The molecule has 0 radical (unpaired) electrons. The fourth-order valence-corrected chi connectivity index (χ4v) is 3.00. The van der Waals surface area contributed by atoms with E-state index in [2.05, 4.69) is 20.6 Å². The first kappa shape index (κ1) is 17.8. The van der Waals surface area contributed by atoms with Gasteiger partial charge in [-0.25, -0.2) is 9.97 Å². The Kier molecular flexibility index (Phi) is 5.78. The van der Waals surface area contributed by atoms with Gasteiger partial charge < -0.3 is 15.4 Å². The Morgan fingerprint density at radius 2 is 1.69 bits per heavy atom. The zero-order valence-electron chi connectivity index (χ0n) is 14.6. The van der Waals surface area contributed by atoms with Crippen molar-refractivity contribution in [3.63, 3.8) is 0 Å². The third-order valence-electron chi connectivity index (χ3n) is 4.29. The molecular formula is C19H22N4O3. The molecule has 1 aromatic heterocycles. The lowest BCUT2D eigenvalue weighted by atomic mass is 9.92. The largest absolute Gasteiger partial charge is 0.460 e. The molecule has 0 atom stereocenters. The van der Waals surface area contributed by atoms with Gasteiger partial charge in [-0.3, -0.25) is 9.59 Å². The molecule has 0 spiro atoms. The van der Waals surface area contributed by atoms with Crippen LogP contribution in [0.1, 0.15) is 43.0 Å². The Labute approximate surface area is 152 Å². The first-order valence-corrected chi connectivity index (χ1v) is 8.72. The molecule has 2 N–H and O–H groups in total. The van der Waals surface area contributed by atoms with Crippen molar-refractivity contribution in [1.29, 1.82) is 0 Å². The minimum atomic E-state index is -0.137. The van der Waals surface area contributed by atoms with Crippen molar-refractivity contribution >= 4 is 17.5 Å². The van der Waals surface area contributed by atoms with Crippen LogP contribution in [-0.2, 0) is 4.79 Å². The van der Waals surface area contributed by atoms with Gasteiger partial charge in [0.1, 0.15) is 6.10 Å². The Morgan fingerprint density at radius 1 is 1.04 bits per heavy atom. The van der Waals surface area contributed by atoms with Crippen LogP contribution >= 0.6 is 0 Å². The first-order valence-electron chi connectivity index (χ1n) is 8.72. The third-order valence-corrected chi connectivity index (χ3v) is 4.29. The molecule has 0 saturated heterocycles. The van der Waals surface area contributed by atoms with E-state index in [1.165, 1.54) is 6.92 Å². The zero-order valence-corrected chi connectivity index (χ0v) is 14.6. The summed E-state index contributed by atoms with van der Waals surface area (Å²) < 4.78 is 5.77. The quantitative estimate of drug-likeness (QED) is 0.861. The van der Waals surface area contributed by atoms with Gasteiger partial charge in [-0.2, -0.15) is 0 Å². The van der Waals surface area contributed by atoms with E-state index in [4.69, 9.17) is 4.74 Å². The number of benzene rings is 1. The standard InChI is InChI=1S/C19H22N4O3/c1-13(24)22-15-5-3-14(4-6-15)18(25)23-16-7-9-17(10-8-16)26-19-20-11-2-12-21-19/h2-6,11-12,16-17H,7-10H2,1H3,(H,22,24)(H,23,25). The Bertz CT molecular complexity index is 741. The van der Waals surface area contributed by atoms with E-state index >= 15 is 0 Å². The summed E-state index contributed by atoms with van der Waals surface area (Å²) in [5.74, 6) is -0.239. The van der Waals surface area contributed by atoms with Crippen LogP contribution in [0.25, 0.3) is 0 Å². The molecule has 1 saturated carbocycles. The molecule has 0 aliphatic heterocycles. The molecule has 1 aromatic carbocycles. The monoisotopic (exact) mass is 354 g/mol. The van der Waals surface area contributed by atoms with Crippen molar-refractivity contribution in [2.45, 2.75) is 44.8 Å². The average molecular weight is 354 g/mol. The first-order chi connectivity index (χ1) is 12.6. The van der Waals surface area contributed by atoms with Crippen LogP contribution in [0.3, 0.4) is 0 Å². The zero-order chi connectivity index (χ0) is 18.4. The smallest absolute Gasteiger partial charge is 0.316 e. The topological polar surface area (TPSA) is 93.2 Å². The molecular weight excluding hydrogens is 332 g/mol. The fourth-order valence-electron chi connectivity index (χ4n) is 3.00. The van der Waals surface area contributed by atoms with Crippen LogP contribution in [0.5, 0.6) is 6.01 Å². The van der Waals surface area contributed by atoms with Crippen molar-refractivity contribution in [2.75, 3.05) is 5.32 Å². The lowest BCUT2D eigenvalue weighted by Crippen LogP contribution is -2.39. The summed E-state index contributed by atoms with van der Waals surface area (Å²) in [6.45, 7) is 1.45. The van der Waals surface area contributed by atoms with Crippen molar-refractivity contribution in [1.82, 2.24) is 15.3 Å². The highest BCUT2D eigenvalue weighted by Gasteiger charge is 2.24. The number of hydrogen-bond donors (Lipinski definition) is 2. The van der Waals surface area contributed by atoms with E-state index in [-0.39, 0.29) is 24.0 Å². The second-order valence-corrected chi connectivity index (χ2v) is 6.35. The predicted octanol–water partition coefficient (Wildman–Crippen LogP) is 2.56. The number of amides is 2. The Hall–Kier alpha value is -2.96. The van der Waals surface area contributed by atoms with E-state index in [1.807, 2.05) is 0 Å². The summed E-state index contributed by atoms with van der Waals surface area (Å²) in [6.07, 6.45) is 6.81. The SMILES string of the molecule is CC(=O)Nc1ccc(C(=O)NC2CCC(Oc3ncccn3)CC2)cc1. The molecule has 2 aromatic rings. The van der Waals surface area contributed by atoms with Gasteiger partial charge in [0.25, 0.3) is 5.91 Å². The maximum absolute atomic E-state index is 12.4. The average Bonchev–Trinajstić information content (AvgIpc) is 2.64. The number of nitrogens with one attached hydrogen (secondary N) is 2. The molecule has 26 heavy (non-hydrogen) atoms. The normalized spacial score (nSPS) is 19.4. The molecule has 7 nitrogen and oxygen atoms in total. The lowest BCUT2D eigenvalue weighted by molar-refractivity contribution is -0.114. The number of hydrogen-bond acceptors (Lipinski definition) is 5. The van der Waals surface area contributed by atoms with Gasteiger partial charge in [0.15, 0.2) is 0 Å². The molecule has 3 rings (SSSR count). The van der Waals surface area contributed by atoms with Crippen LogP contribution in [-0.4, -0.2) is 33.9 Å². The van der Waals surface area contributed by atoms with Crippen molar-refractivity contribution in [3.05, 3.63) is 48.3 Å². The highest BCUT2D eigenvalue weighted by atomic mass is 16.5. The molecule has 2 amide bonds. The number of carbonyl (C=O) groups is 2. The number of ether oxygens (including phenoxy) is 1. The van der Waals surface area contributed by atoms with Crippen LogP contribution < -0.4 is 15.4 Å². The van der Waals surface area contributed by atoms with Gasteiger partial charge in [0.05, 0.1) is 0 Å². The van der Waals surface area contributed by atoms with Crippen LogP contribution in [0.2, 0.25) is 0 Å². The van der Waals surface area contributed by atoms with Gasteiger partial charge in [-0.05, 0) is 56.0 Å². The van der Waals surface area contributed by atoms with Crippen molar-refractivity contribution < 1.29 is 14.3 Å². The summed E-state index contributed by atoms with van der Waals surface area (Å²) >= 11 is 0. The van der Waals surface area contributed by atoms with Gasteiger partial charge in [0, 0.05) is 36.6 Å². The van der Waals surface area contributed by atoms with E-state index in [9.17, 15) is 9.59 Å². The van der Waals surface area contributed by atoms with E-state index in [0.29, 0.717) is 17.3 Å². The molecule has 1 heterocycles. The number of aromatic nitrogens is 2. The minimum Gasteiger partial charge on any atom is -0.460 e. The Morgan fingerprint density at radius 3 is 2.31 bits per heavy atom. The van der Waals surface area contributed by atoms with E-state index in [1.54, 1.807) is 42.7 Å². The van der Waals surface area contributed by atoms with Crippen molar-refractivity contribution in [2.24, 2.45) is 0 Å². The lowest BCUT2D eigenvalue weighted by Gasteiger charge is -2.28. The van der Waals surface area contributed by atoms with Gasteiger partial charge in [-0.15, -0.1) is 0 Å². The molecule has 1 aliphatic rings. The molecule has 0 bridgehead atoms. The molecule has 136 valence electrons. The fraction of sp³-hybridized carbons (Fsp3) is 0.368. The summed E-state index contributed by atoms with van der Waals surface area (Å²) in [5, 5.41) is 5.75. The van der Waals surface area contributed by atoms with Gasteiger partial charge in [0.2, 0.25) is 5.91 Å². The highest BCUT2D eigenvalue weighted by Crippen LogP contribution is 2.22. The Balaban J connectivity index is 1.46. The minimum absolute atomic E-state index is 0.0856. The van der Waals surface area contributed by atoms with Gasteiger partial charge in [-0.1, -0.05) is 0 Å². The van der Waals surface area contributed by atoms with Crippen LogP contribution in [0.15, 0.2) is 42.7 Å². The summed E-state index contributed by atoms with van der Waals surface area (Å²) in [5.41, 5.74) is 1.25. The van der Waals surface area contributed by atoms with Gasteiger partial charge >= 0.3 is 6.01 Å².